The molecule has 3 heterocycles. The van der Waals surface area contributed by atoms with Crippen LogP contribution in [0.4, 0.5) is 5.69 Å². The van der Waals surface area contributed by atoms with Crippen LogP contribution >= 0.6 is 35.4 Å². The van der Waals surface area contributed by atoms with Gasteiger partial charge in [0.15, 0.2) is 5.11 Å². The van der Waals surface area contributed by atoms with Crippen LogP contribution in [-0.4, -0.2) is 26.0 Å². The lowest BCUT2D eigenvalue weighted by molar-refractivity contribution is 0.294. The van der Waals surface area contributed by atoms with Crippen molar-refractivity contribution in [2.45, 2.75) is 31.3 Å². The van der Waals surface area contributed by atoms with Crippen molar-refractivity contribution in [2.24, 2.45) is 0 Å². The first-order chi connectivity index (χ1) is 11.1. The SMILES string of the molecule is S=C(Nc1ccc(Cl)c(Cl)c1)N1C2CCC1c1cncnc1C2. The Morgan fingerprint density at radius 1 is 1.26 bits per heavy atom. The van der Waals surface area contributed by atoms with E-state index in [-0.39, 0.29) is 6.04 Å². The summed E-state index contributed by atoms with van der Waals surface area (Å²) >= 11 is 17.7. The maximum absolute atomic E-state index is 6.07. The third kappa shape index (κ3) is 2.67. The van der Waals surface area contributed by atoms with Crippen LogP contribution in [0.3, 0.4) is 0 Å². The molecule has 2 atom stereocenters. The van der Waals surface area contributed by atoms with Crippen molar-refractivity contribution in [1.29, 1.82) is 0 Å². The molecule has 23 heavy (non-hydrogen) atoms. The summed E-state index contributed by atoms with van der Waals surface area (Å²) in [6, 6.07) is 6.09. The lowest BCUT2D eigenvalue weighted by atomic mass is 10.00. The topological polar surface area (TPSA) is 41.0 Å². The molecule has 0 aliphatic carbocycles. The molecule has 0 amide bonds. The molecule has 2 aliphatic heterocycles. The molecule has 7 heteroatoms. The Labute approximate surface area is 149 Å². The summed E-state index contributed by atoms with van der Waals surface area (Å²) < 4.78 is 0. The normalized spacial score (nSPS) is 21.9. The average Bonchev–Trinajstić information content (AvgIpc) is 2.86. The molecule has 1 fully saturated rings. The molecule has 0 saturated carbocycles. The van der Waals surface area contributed by atoms with Crippen molar-refractivity contribution in [1.82, 2.24) is 14.9 Å². The van der Waals surface area contributed by atoms with E-state index in [1.54, 1.807) is 18.5 Å². The Balaban J connectivity index is 1.59. The number of hydrogen-bond acceptors (Lipinski definition) is 3. The molecule has 4 rings (SSSR count). The van der Waals surface area contributed by atoms with Crippen LogP contribution in [0.5, 0.6) is 0 Å². The molecular formula is C16H14Cl2N4S. The van der Waals surface area contributed by atoms with Gasteiger partial charge in [0.2, 0.25) is 0 Å². The van der Waals surface area contributed by atoms with E-state index in [4.69, 9.17) is 35.4 Å². The zero-order valence-corrected chi connectivity index (χ0v) is 14.5. The number of rotatable bonds is 1. The summed E-state index contributed by atoms with van der Waals surface area (Å²) in [6.45, 7) is 0. The monoisotopic (exact) mass is 364 g/mol. The molecule has 0 radical (unpaired) electrons. The van der Waals surface area contributed by atoms with Crippen LogP contribution in [0, 0.1) is 0 Å². The van der Waals surface area contributed by atoms with E-state index in [1.165, 1.54) is 5.56 Å². The van der Waals surface area contributed by atoms with Gasteiger partial charge in [-0.2, -0.15) is 0 Å². The smallest absolute Gasteiger partial charge is 0.174 e. The summed E-state index contributed by atoms with van der Waals surface area (Å²) in [5.74, 6) is 0. The van der Waals surface area contributed by atoms with E-state index < -0.39 is 0 Å². The van der Waals surface area contributed by atoms with Gasteiger partial charge in [-0.25, -0.2) is 9.97 Å². The van der Waals surface area contributed by atoms with Crippen molar-refractivity contribution in [3.63, 3.8) is 0 Å². The van der Waals surface area contributed by atoms with Gasteiger partial charge < -0.3 is 10.2 Å². The Kier molecular flexibility index (Phi) is 3.87. The van der Waals surface area contributed by atoms with E-state index >= 15 is 0 Å². The van der Waals surface area contributed by atoms with Gasteiger partial charge in [0.1, 0.15) is 6.33 Å². The predicted octanol–water partition coefficient (Wildman–Crippen LogP) is 4.24. The Morgan fingerprint density at radius 2 is 2.13 bits per heavy atom. The Hall–Kier alpha value is -1.43. The third-order valence-electron chi connectivity index (χ3n) is 4.52. The standard InChI is InChI=1S/C16H14Cl2N4S/c17-12-3-1-9(5-13(12)18)21-16(23)22-10-2-4-15(22)11-7-19-8-20-14(11)6-10/h1,3,5,7-8,10,15H,2,4,6H2,(H,21,23). The first kappa shape index (κ1) is 15.1. The van der Waals surface area contributed by atoms with Gasteiger partial charge in [0.25, 0.3) is 0 Å². The molecule has 2 unspecified atom stereocenters. The van der Waals surface area contributed by atoms with Gasteiger partial charge in [0, 0.05) is 29.9 Å². The second kappa shape index (κ2) is 5.89. The van der Waals surface area contributed by atoms with E-state index in [1.807, 2.05) is 12.3 Å². The number of anilines is 1. The second-order valence-corrected chi connectivity index (χ2v) is 7.04. The summed E-state index contributed by atoms with van der Waals surface area (Å²) in [5, 5.41) is 5.05. The van der Waals surface area contributed by atoms with Gasteiger partial charge in [-0.1, -0.05) is 23.2 Å². The minimum atomic E-state index is 0.257. The number of aromatic nitrogens is 2. The second-order valence-electron chi connectivity index (χ2n) is 5.84. The molecule has 0 spiro atoms. The highest BCUT2D eigenvalue weighted by Crippen LogP contribution is 2.43. The molecule has 1 N–H and O–H groups in total. The van der Waals surface area contributed by atoms with E-state index in [0.29, 0.717) is 21.2 Å². The summed E-state index contributed by atoms with van der Waals surface area (Å²) in [4.78, 5) is 10.9. The minimum Gasteiger partial charge on any atom is -0.338 e. The number of hydrogen-bond donors (Lipinski definition) is 1. The number of nitrogens with zero attached hydrogens (tertiary/aromatic N) is 3. The summed E-state index contributed by atoms with van der Waals surface area (Å²) in [7, 11) is 0. The Bertz CT molecular complexity index is 782. The van der Waals surface area contributed by atoms with Crippen LogP contribution < -0.4 is 5.32 Å². The molecular weight excluding hydrogens is 351 g/mol. The summed E-state index contributed by atoms with van der Waals surface area (Å²) in [5.41, 5.74) is 3.19. The molecule has 2 aliphatic rings. The molecule has 1 saturated heterocycles. The van der Waals surface area contributed by atoms with Crippen molar-refractivity contribution in [2.75, 3.05) is 5.32 Å². The van der Waals surface area contributed by atoms with Gasteiger partial charge in [-0.15, -0.1) is 0 Å². The quantitative estimate of drug-likeness (QED) is 0.766. The largest absolute Gasteiger partial charge is 0.338 e. The van der Waals surface area contributed by atoms with Crippen LogP contribution in [-0.2, 0) is 6.42 Å². The van der Waals surface area contributed by atoms with Crippen LogP contribution in [0.2, 0.25) is 10.0 Å². The number of fused-ring (bicyclic) bond motifs is 4. The molecule has 118 valence electrons. The highest BCUT2D eigenvalue weighted by molar-refractivity contribution is 7.80. The van der Waals surface area contributed by atoms with Gasteiger partial charge in [0.05, 0.1) is 21.8 Å². The fourth-order valence-electron chi connectivity index (χ4n) is 3.50. The van der Waals surface area contributed by atoms with Crippen LogP contribution in [0.25, 0.3) is 0 Å². The fraction of sp³-hybridized carbons (Fsp3) is 0.312. The molecule has 4 nitrogen and oxygen atoms in total. The molecule has 1 aromatic heterocycles. The van der Waals surface area contributed by atoms with Crippen molar-refractivity contribution >= 4 is 46.2 Å². The molecule has 1 aromatic carbocycles. The van der Waals surface area contributed by atoms with E-state index in [9.17, 15) is 0 Å². The Morgan fingerprint density at radius 3 is 2.96 bits per heavy atom. The number of thiocarbonyl (C=S) groups is 1. The van der Waals surface area contributed by atoms with Gasteiger partial charge >= 0.3 is 0 Å². The van der Waals surface area contributed by atoms with Crippen LogP contribution in [0.1, 0.15) is 30.1 Å². The zero-order chi connectivity index (χ0) is 16.0. The predicted molar refractivity (Wildman–Crippen MR) is 96.0 cm³/mol. The van der Waals surface area contributed by atoms with Crippen LogP contribution in [0.15, 0.2) is 30.7 Å². The first-order valence-corrected chi connectivity index (χ1v) is 8.63. The number of nitrogens with one attached hydrogen (secondary N) is 1. The molecule has 2 bridgehead atoms. The third-order valence-corrected chi connectivity index (χ3v) is 5.57. The minimum absolute atomic E-state index is 0.257. The lowest BCUT2D eigenvalue weighted by Crippen LogP contribution is -2.44. The van der Waals surface area contributed by atoms with Crippen molar-refractivity contribution in [3.8, 4) is 0 Å². The maximum Gasteiger partial charge on any atom is 0.174 e. The average molecular weight is 365 g/mol. The number of halogens is 2. The first-order valence-electron chi connectivity index (χ1n) is 7.46. The highest BCUT2D eigenvalue weighted by atomic mass is 35.5. The van der Waals surface area contributed by atoms with Gasteiger partial charge in [-0.3, -0.25) is 0 Å². The highest BCUT2D eigenvalue weighted by Gasteiger charge is 2.41. The van der Waals surface area contributed by atoms with Gasteiger partial charge in [-0.05, 0) is 43.3 Å². The number of benzene rings is 1. The fourth-order valence-corrected chi connectivity index (χ4v) is 4.19. The summed E-state index contributed by atoms with van der Waals surface area (Å²) in [6.07, 6.45) is 6.65. The van der Waals surface area contributed by atoms with Crippen molar-refractivity contribution < 1.29 is 0 Å². The van der Waals surface area contributed by atoms with Crippen molar-refractivity contribution in [3.05, 3.63) is 52.0 Å². The lowest BCUT2D eigenvalue weighted by Gasteiger charge is -2.37. The zero-order valence-electron chi connectivity index (χ0n) is 12.2. The van der Waals surface area contributed by atoms with E-state index in [0.717, 1.165) is 30.6 Å². The van der Waals surface area contributed by atoms with E-state index in [2.05, 4.69) is 20.2 Å². The maximum atomic E-state index is 6.07. The molecule has 2 aromatic rings.